The first-order valence-electron chi connectivity index (χ1n) is 6.88. The molecule has 1 unspecified atom stereocenters. The third-order valence-electron chi connectivity index (χ3n) is 3.54. The minimum atomic E-state index is 0.129. The average molecular weight is 262 g/mol. The Morgan fingerprint density at radius 1 is 1.47 bits per heavy atom. The molecule has 0 aliphatic carbocycles. The number of carbonyl (C=O) groups excluding carboxylic acids is 1. The largest absolute Gasteiger partial charge is 0.383 e. The van der Waals surface area contributed by atoms with Crippen LogP contribution in [0.1, 0.15) is 26.2 Å². The number of rotatable bonds is 4. The Bertz CT molecular complexity index is 434. The summed E-state index contributed by atoms with van der Waals surface area (Å²) in [5, 5.41) is 3.37. The SMILES string of the molecule is COC(C)CCC(=O)N1CCCNc2ccccc21. The van der Waals surface area contributed by atoms with E-state index in [0.717, 1.165) is 37.3 Å². The van der Waals surface area contributed by atoms with Gasteiger partial charge >= 0.3 is 0 Å². The molecule has 1 amide bonds. The Labute approximate surface area is 114 Å². The van der Waals surface area contributed by atoms with Gasteiger partial charge < -0.3 is 15.0 Å². The molecule has 0 saturated heterocycles. The van der Waals surface area contributed by atoms with E-state index in [4.69, 9.17) is 4.74 Å². The van der Waals surface area contributed by atoms with E-state index in [1.54, 1.807) is 7.11 Å². The highest BCUT2D eigenvalue weighted by atomic mass is 16.5. The minimum absolute atomic E-state index is 0.129. The second-order valence-corrected chi connectivity index (χ2v) is 4.93. The van der Waals surface area contributed by atoms with E-state index >= 15 is 0 Å². The molecule has 0 fully saturated rings. The summed E-state index contributed by atoms with van der Waals surface area (Å²) in [6.07, 6.45) is 2.40. The van der Waals surface area contributed by atoms with E-state index in [9.17, 15) is 4.79 Å². The van der Waals surface area contributed by atoms with Crippen molar-refractivity contribution in [2.45, 2.75) is 32.3 Å². The first-order chi connectivity index (χ1) is 9.22. The molecule has 0 bridgehead atoms. The molecule has 4 heteroatoms. The van der Waals surface area contributed by atoms with Crippen molar-refractivity contribution in [3.63, 3.8) is 0 Å². The smallest absolute Gasteiger partial charge is 0.227 e. The van der Waals surface area contributed by atoms with Crippen LogP contribution in [-0.4, -0.2) is 32.2 Å². The Morgan fingerprint density at radius 3 is 3.05 bits per heavy atom. The molecule has 0 spiro atoms. The summed E-state index contributed by atoms with van der Waals surface area (Å²) in [6, 6.07) is 8.00. The molecule has 0 radical (unpaired) electrons. The molecule has 104 valence electrons. The van der Waals surface area contributed by atoms with E-state index in [2.05, 4.69) is 5.32 Å². The first-order valence-corrected chi connectivity index (χ1v) is 6.88. The number of fused-ring (bicyclic) bond motifs is 1. The summed E-state index contributed by atoms with van der Waals surface area (Å²) in [6.45, 7) is 3.69. The van der Waals surface area contributed by atoms with Crippen molar-refractivity contribution >= 4 is 17.3 Å². The van der Waals surface area contributed by atoms with Gasteiger partial charge in [-0.05, 0) is 31.9 Å². The molecule has 1 aromatic carbocycles. The van der Waals surface area contributed by atoms with Gasteiger partial charge in [0.15, 0.2) is 0 Å². The molecule has 1 N–H and O–H groups in total. The van der Waals surface area contributed by atoms with Gasteiger partial charge in [-0.1, -0.05) is 12.1 Å². The molecule has 1 aliphatic heterocycles. The second kappa shape index (κ2) is 6.57. The molecule has 1 atom stereocenters. The molecule has 4 nitrogen and oxygen atoms in total. The lowest BCUT2D eigenvalue weighted by molar-refractivity contribution is -0.119. The summed E-state index contributed by atoms with van der Waals surface area (Å²) in [5.74, 6) is 0.181. The number of hydrogen-bond acceptors (Lipinski definition) is 3. The number of nitrogens with one attached hydrogen (secondary N) is 1. The molecule has 1 aromatic rings. The normalized spacial score (nSPS) is 16.2. The van der Waals surface area contributed by atoms with Crippen molar-refractivity contribution in [3.8, 4) is 0 Å². The lowest BCUT2D eigenvalue weighted by atomic mass is 10.1. The van der Waals surface area contributed by atoms with Crippen molar-refractivity contribution < 1.29 is 9.53 Å². The summed E-state index contributed by atoms with van der Waals surface area (Å²) in [5.41, 5.74) is 2.04. The van der Waals surface area contributed by atoms with Gasteiger partial charge in [-0.3, -0.25) is 4.79 Å². The van der Waals surface area contributed by atoms with Gasteiger partial charge in [0.25, 0.3) is 0 Å². The summed E-state index contributed by atoms with van der Waals surface area (Å²) < 4.78 is 5.20. The van der Waals surface area contributed by atoms with Gasteiger partial charge in [0.2, 0.25) is 5.91 Å². The van der Waals surface area contributed by atoms with Gasteiger partial charge in [-0.2, -0.15) is 0 Å². The van der Waals surface area contributed by atoms with Gasteiger partial charge in [0.05, 0.1) is 17.5 Å². The second-order valence-electron chi connectivity index (χ2n) is 4.93. The van der Waals surface area contributed by atoms with Crippen LogP contribution in [0.15, 0.2) is 24.3 Å². The zero-order valence-electron chi connectivity index (χ0n) is 11.7. The van der Waals surface area contributed by atoms with Crippen LogP contribution in [0.2, 0.25) is 0 Å². The molecule has 1 aliphatic rings. The van der Waals surface area contributed by atoms with Crippen molar-refractivity contribution in [1.29, 1.82) is 0 Å². The third kappa shape index (κ3) is 3.47. The highest BCUT2D eigenvalue weighted by molar-refractivity contribution is 5.96. The van der Waals surface area contributed by atoms with E-state index in [-0.39, 0.29) is 12.0 Å². The predicted molar refractivity (Wildman–Crippen MR) is 77.6 cm³/mol. The van der Waals surface area contributed by atoms with E-state index in [1.165, 1.54) is 0 Å². The van der Waals surface area contributed by atoms with Gasteiger partial charge in [0, 0.05) is 26.6 Å². The molecule has 2 rings (SSSR count). The van der Waals surface area contributed by atoms with Crippen LogP contribution in [0, 0.1) is 0 Å². The van der Waals surface area contributed by atoms with Crippen molar-refractivity contribution in [3.05, 3.63) is 24.3 Å². The fourth-order valence-electron chi connectivity index (χ4n) is 2.28. The highest BCUT2D eigenvalue weighted by Crippen LogP contribution is 2.28. The van der Waals surface area contributed by atoms with Crippen LogP contribution in [-0.2, 0) is 9.53 Å². The quantitative estimate of drug-likeness (QED) is 0.907. The number of methoxy groups -OCH3 is 1. The maximum atomic E-state index is 12.4. The van der Waals surface area contributed by atoms with Crippen LogP contribution in [0.5, 0.6) is 0 Å². The van der Waals surface area contributed by atoms with Crippen LogP contribution >= 0.6 is 0 Å². The average Bonchev–Trinajstić information content (AvgIpc) is 2.66. The lowest BCUT2D eigenvalue weighted by Crippen LogP contribution is -2.32. The van der Waals surface area contributed by atoms with E-state index < -0.39 is 0 Å². The molecule has 19 heavy (non-hydrogen) atoms. The number of hydrogen-bond donors (Lipinski definition) is 1. The number of ether oxygens (including phenoxy) is 1. The van der Waals surface area contributed by atoms with Crippen LogP contribution < -0.4 is 10.2 Å². The van der Waals surface area contributed by atoms with Crippen molar-refractivity contribution in [2.75, 3.05) is 30.4 Å². The summed E-state index contributed by atoms with van der Waals surface area (Å²) >= 11 is 0. The van der Waals surface area contributed by atoms with Gasteiger partial charge in [0.1, 0.15) is 0 Å². The Kier molecular flexibility index (Phi) is 4.80. The summed E-state index contributed by atoms with van der Waals surface area (Å²) in [7, 11) is 1.68. The highest BCUT2D eigenvalue weighted by Gasteiger charge is 2.20. The predicted octanol–water partition coefficient (Wildman–Crippen LogP) is 2.65. The van der Waals surface area contributed by atoms with Gasteiger partial charge in [-0.15, -0.1) is 0 Å². The molecule has 1 heterocycles. The monoisotopic (exact) mass is 262 g/mol. The molecular formula is C15H22N2O2. The third-order valence-corrected chi connectivity index (χ3v) is 3.54. The number of para-hydroxylation sites is 2. The number of carbonyl (C=O) groups is 1. The zero-order chi connectivity index (χ0) is 13.7. The number of amides is 1. The fourth-order valence-corrected chi connectivity index (χ4v) is 2.28. The number of nitrogens with zero attached hydrogens (tertiary/aromatic N) is 1. The van der Waals surface area contributed by atoms with E-state index in [0.29, 0.717) is 6.42 Å². The maximum absolute atomic E-state index is 12.4. The number of benzene rings is 1. The van der Waals surface area contributed by atoms with Crippen LogP contribution in [0.3, 0.4) is 0 Å². The topological polar surface area (TPSA) is 41.6 Å². The van der Waals surface area contributed by atoms with E-state index in [1.807, 2.05) is 36.1 Å². The molecule has 0 aromatic heterocycles. The first kappa shape index (κ1) is 13.9. The van der Waals surface area contributed by atoms with Crippen molar-refractivity contribution in [1.82, 2.24) is 0 Å². The minimum Gasteiger partial charge on any atom is -0.383 e. The van der Waals surface area contributed by atoms with Crippen molar-refractivity contribution in [2.24, 2.45) is 0 Å². The van der Waals surface area contributed by atoms with Crippen LogP contribution in [0.4, 0.5) is 11.4 Å². The number of anilines is 2. The lowest BCUT2D eigenvalue weighted by Gasteiger charge is -2.23. The van der Waals surface area contributed by atoms with Gasteiger partial charge in [-0.25, -0.2) is 0 Å². The van der Waals surface area contributed by atoms with Crippen LogP contribution in [0.25, 0.3) is 0 Å². The Morgan fingerprint density at radius 2 is 2.26 bits per heavy atom. The molecular weight excluding hydrogens is 240 g/mol. The molecule has 0 saturated carbocycles. The summed E-state index contributed by atoms with van der Waals surface area (Å²) in [4.78, 5) is 14.3. The maximum Gasteiger partial charge on any atom is 0.227 e. The fraction of sp³-hybridized carbons (Fsp3) is 0.533. The standard InChI is InChI=1S/C15H22N2O2/c1-12(19-2)8-9-15(18)17-11-5-10-16-13-6-3-4-7-14(13)17/h3-4,6-7,12,16H,5,8-11H2,1-2H3. The zero-order valence-corrected chi connectivity index (χ0v) is 11.7. The Balaban J connectivity index is 2.08. The Hall–Kier alpha value is -1.55.